The van der Waals surface area contributed by atoms with Crippen molar-refractivity contribution in [1.82, 2.24) is 0 Å². The Morgan fingerprint density at radius 3 is 2.52 bits per heavy atom. The zero-order valence-corrected chi connectivity index (χ0v) is 12.7. The smallest absolute Gasteiger partial charge is 0.229 e. The van der Waals surface area contributed by atoms with Crippen molar-refractivity contribution in [2.45, 2.75) is 6.42 Å². The minimum absolute atomic E-state index is 0.260. The van der Waals surface area contributed by atoms with Crippen molar-refractivity contribution in [3.8, 4) is 5.75 Å². The van der Waals surface area contributed by atoms with Crippen LogP contribution in [0.5, 0.6) is 5.75 Å². The number of hydrogen-bond donors (Lipinski definition) is 1. The van der Waals surface area contributed by atoms with E-state index in [1.807, 2.05) is 0 Å². The quantitative estimate of drug-likeness (QED) is 0.902. The normalized spacial score (nSPS) is 10.3. The molecule has 0 heterocycles. The highest BCUT2D eigenvalue weighted by molar-refractivity contribution is 9.10. The topological polar surface area (TPSA) is 38.3 Å². The van der Waals surface area contributed by atoms with Crippen LogP contribution in [0.4, 0.5) is 14.5 Å². The Balaban J connectivity index is 2.17. The molecule has 0 aliphatic rings. The maximum atomic E-state index is 13.5. The van der Waals surface area contributed by atoms with Crippen molar-refractivity contribution in [3.63, 3.8) is 0 Å². The molecule has 0 aliphatic heterocycles. The van der Waals surface area contributed by atoms with E-state index in [2.05, 4.69) is 21.2 Å². The molecular weight excluding hydrogens is 344 g/mol. The zero-order chi connectivity index (χ0) is 15.4. The fourth-order valence-electron chi connectivity index (χ4n) is 1.83. The predicted octanol–water partition coefficient (Wildman–Crippen LogP) is 3.92. The van der Waals surface area contributed by atoms with Crippen LogP contribution in [0.2, 0.25) is 0 Å². The summed E-state index contributed by atoms with van der Waals surface area (Å²) in [6.07, 6.45) is -0.395. The lowest BCUT2D eigenvalue weighted by Crippen LogP contribution is -2.16. The van der Waals surface area contributed by atoms with Crippen molar-refractivity contribution in [2.75, 3.05) is 12.4 Å². The van der Waals surface area contributed by atoms with Gasteiger partial charge in [0, 0.05) is 10.0 Å². The molecular formula is C15H12BrF2NO2. The number of carbonyl (C=O) groups is 1. The summed E-state index contributed by atoms with van der Waals surface area (Å²) in [7, 11) is 1.47. The molecule has 0 saturated heterocycles. The Labute approximate surface area is 129 Å². The van der Waals surface area contributed by atoms with E-state index in [0.29, 0.717) is 11.4 Å². The number of nitrogens with one attached hydrogen (secondary N) is 1. The second-order valence-corrected chi connectivity index (χ2v) is 5.19. The van der Waals surface area contributed by atoms with Gasteiger partial charge in [-0.05, 0) is 30.3 Å². The zero-order valence-electron chi connectivity index (χ0n) is 11.1. The molecule has 2 aromatic rings. The molecule has 2 rings (SSSR count). The average molecular weight is 356 g/mol. The van der Waals surface area contributed by atoms with Gasteiger partial charge in [-0.25, -0.2) is 8.78 Å². The number of ether oxygens (including phenoxy) is 1. The van der Waals surface area contributed by atoms with E-state index in [1.165, 1.54) is 13.2 Å². The molecule has 2 aromatic carbocycles. The van der Waals surface area contributed by atoms with Crippen LogP contribution in [0.25, 0.3) is 0 Å². The summed E-state index contributed by atoms with van der Waals surface area (Å²) in [5.74, 6) is -1.56. The van der Waals surface area contributed by atoms with E-state index in [1.54, 1.807) is 18.2 Å². The lowest BCUT2D eigenvalue weighted by molar-refractivity contribution is -0.115. The second kappa shape index (κ2) is 6.67. The van der Waals surface area contributed by atoms with Crippen molar-refractivity contribution < 1.29 is 18.3 Å². The maximum absolute atomic E-state index is 13.5. The molecule has 0 radical (unpaired) electrons. The van der Waals surface area contributed by atoms with Gasteiger partial charge < -0.3 is 10.1 Å². The summed E-state index contributed by atoms with van der Waals surface area (Å²) in [4.78, 5) is 12.0. The van der Waals surface area contributed by atoms with Gasteiger partial charge in [-0.1, -0.05) is 22.0 Å². The van der Waals surface area contributed by atoms with Gasteiger partial charge in [0.2, 0.25) is 5.91 Å². The molecule has 0 atom stereocenters. The molecule has 0 saturated carbocycles. The fourth-order valence-corrected chi connectivity index (χ4v) is 2.20. The molecule has 1 amide bonds. The molecule has 0 unspecified atom stereocenters. The van der Waals surface area contributed by atoms with E-state index in [4.69, 9.17) is 4.74 Å². The van der Waals surface area contributed by atoms with Crippen molar-refractivity contribution in [2.24, 2.45) is 0 Å². The lowest BCUT2D eigenvalue weighted by Gasteiger charge is -2.11. The Bertz CT molecular complexity index is 656. The summed E-state index contributed by atoms with van der Waals surface area (Å²) in [6, 6.07) is 8.56. The number of amides is 1. The van der Waals surface area contributed by atoms with Gasteiger partial charge in [-0.3, -0.25) is 4.79 Å². The SMILES string of the molecule is COc1ccc(Br)cc1NC(=O)Cc1c(F)cccc1F. The van der Waals surface area contributed by atoms with Crippen LogP contribution < -0.4 is 10.1 Å². The van der Waals surface area contributed by atoms with Crippen LogP contribution >= 0.6 is 15.9 Å². The first-order chi connectivity index (χ1) is 10.0. The van der Waals surface area contributed by atoms with Crippen LogP contribution in [0.3, 0.4) is 0 Å². The van der Waals surface area contributed by atoms with Crippen molar-refractivity contribution >= 4 is 27.5 Å². The van der Waals surface area contributed by atoms with Crippen molar-refractivity contribution in [1.29, 1.82) is 0 Å². The van der Waals surface area contributed by atoms with Gasteiger partial charge in [0.05, 0.1) is 19.2 Å². The molecule has 3 nitrogen and oxygen atoms in total. The Kier molecular flexibility index (Phi) is 4.90. The largest absolute Gasteiger partial charge is 0.495 e. The fraction of sp³-hybridized carbons (Fsp3) is 0.133. The summed E-state index contributed by atoms with van der Waals surface area (Å²) < 4.78 is 32.9. The molecule has 0 aromatic heterocycles. The van der Waals surface area contributed by atoms with E-state index < -0.39 is 24.0 Å². The highest BCUT2D eigenvalue weighted by Gasteiger charge is 2.14. The predicted molar refractivity (Wildman–Crippen MR) is 79.4 cm³/mol. The molecule has 110 valence electrons. The highest BCUT2D eigenvalue weighted by atomic mass is 79.9. The minimum Gasteiger partial charge on any atom is -0.495 e. The summed E-state index contributed by atoms with van der Waals surface area (Å²) in [5, 5.41) is 2.58. The van der Waals surface area contributed by atoms with E-state index in [-0.39, 0.29) is 5.56 Å². The Hall–Kier alpha value is -1.95. The molecule has 0 bridgehead atoms. The lowest BCUT2D eigenvalue weighted by atomic mass is 10.1. The van der Waals surface area contributed by atoms with E-state index in [0.717, 1.165) is 16.6 Å². The van der Waals surface area contributed by atoms with Crippen LogP contribution in [-0.2, 0) is 11.2 Å². The third-order valence-corrected chi connectivity index (χ3v) is 3.33. The molecule has 6 heteroatoms. The van der Waals surface area contributed by atoms with Crippen LogP contribution in [0.1, 0.15) is 5.56 Å². The number of carbonyl (C=O) groups excluding carboxylic acids is 1. The Morgan fingerprint density at radius 1 is 1.24 bits per heavy atom. The molecule has 1 N–H and O–H groups in total. The maximum Gasteiger partial charge on any atom is 0.229 e. The Morgan fingerprint density at radius 2 is 1.90 bits per heavy atom. The monoisotopic (exact) mass is 355 g/mol. The standard InChI is InChI=1S/C15H12BrF2NO2/c1-21-14-6-5-9(16)7-13(14)19-15(20)8-10-11(17)3-2-4-12(10)18/h2-7H,8H2,1H3,(H,19,20). The highest BCUT2D eigenvalue weighted by Crippen LogP contribution is 2.28. The van der Waals surface area contributed by atoms with Crippen LogP contribution in [-0.4, -0.2) is 13.0 Å². The molecule has 21 heavy (non-hydrogen) atoms. The number of benzene rings is 2. The number of methoxy groups -OCH3 is 1. The number of rotatable bonds is 4. The first kappa shape index (κ1) is 15.4. The summed E-state index contributed by atoms with van der Waals surface area (Å²) in [5.41, 5.74) is 0.164. The number of hydrogen-bond acceptors (Lipinski definition) is 2. The summed E-state index contributed by atoms with van der Waals surface area (Å²) in [6.45, 7) is 0. The van der Waals surface area contributed by atoms with Gasteiger partial charge in [0.15, 0.2) is 0 Å². The third kappa shape index (κ3) is 3.78. The van der Waals surface area contributed by atoms with E-state index >= 15 is 0 Å². The number of anilines is 1. The minimum atomic E-state index is -0.744. The van der Waals surface area contributed by atoms with Gasteiger partial charge in [0.25, 0.3) is 0 Å². The molecule has 0 fully saturated rings. The van der Waals surface area contributed by atoms with Crippen LogP contribution in [0.15, 0.2) is 40.9 Å². The van der Waals surface area contributed by atoms with Gasteiger partial charge in [-0.2, -0.15) is 0 Å². The third-order valence-electron chi connectivity index (χ3n) is 2.83. The van der Waals surface area contributed by atoms with Crippen molar-refractivity contribution in [3.05, 3.63) is 58.1 Å². The molecule has 0 spiro atoms. The average Bonchev–Trinajstić information content (AvgIpc) is 2.43. The first-order valence-electron chi connectivity index (χ1n) is 6.07. The number of halogens is 3. The molecule has 0 aliphatic carbocycles. The summed E-state index contributed by atoms with van der Waals surface area (Å²) >= 11 is 3.28. The van der Waals surface area contributed by atoms with Gasteiger partial charge in [0.1, 0.15) is 17.4 Å². The second-order valence-electron chi connectivity index (χ2n) is 4.27. The van der Waals surface area contributed by atoms with E-state index in [9.17, 15) is 13.6 Å². The first-order valence-corrected chi connectivity index (χ1v) is 6.87. The van der Waals surface area contributed by atoms with Crippen LogP contribution in [0, 0.1) is 11.6 Å². The van der Waals surface area contributed by atoms with Gasteiger partial charge >= 0.3 is 0 Å². The van der Waals surface area contributed by atoms with Gasteiger partial charge in [-0.15, -0.1) is 0 Å².